The van der Waals surface area contributed by atoms with Crippen LogP contribution in [0.5, 0.6) is 11.6 Å². The smallest absolute Gasteiger partial charge is 0.258 e. The molecule has 2 aromatic carbocycles. The Kier molecular flexibility index (Phi) is 6.29. The lowest BCUT2D eigenvalue weighted by atomic mass is 9.95. The summed E-state index contributed by atoms with van der Waals surface area (Å²) in [7, 11) is -3.29. The number of benzene rings is 2. The molecule has 0 bridgehead atoms. The molecule has 1 amide bonds. The Balaban J connectivity index is 1.66. The van der Waals surface area contributed by atoms with Gasteiger partial charge in [0.25, 0.3) is 5.91 Å². The van der Waals surface area contributed by atoms with Gasteiger partial charge in [0, 0.05) is 23.9 Å². The SMILES string of the molecule is CC(C=CS(C)(=O)=O)NC(=O)c1cnc(C2(c3ccccc3)CC2)nc1Oc1ccccc1. The van der Waals surface area contributed by atoms with E-state index in [9.17, 15) is 13.2 Å². The van der Waals surface area contributed by atoms with Gasteiger partial charge < -0.3 is 10.1 Å². The first kappa shape index (κ1) is 22.7. The van der Waals surface area contributed by atoms with Gasteiger partial charge in [-0.15, -0.1) is 0 Å². The van der Waals surface area contributed by atoms with Gasteiger partial charge in [-0.2, -0.15) is 4.98 Å². The van der Waals surface area contributed by atoms with Gasteiger partial charge in [0.05, 0.1) is 5.41 Å². The third kappa shape index (κ3) is 5.46. The third-order valence-electron chi connectivity index (χ3n) is 5.43. The molecular weight excluding hydrogens is 438 g/mol. The van der Waals surface area contributed by atoms with Gasteiger partial charge in [-0.05, 0) is 37.5 Å². The van der Waals surface area contributed by atoms with Crippen molar-refractivity contribution in [1.82, 2.24) is 15.3 Å². The van der Waals surface area contributed by atoms with Gasteiger partial charge in [-0.25, -0.2) is 13.4 Å². The quantitative estimate of drug-likeness (QED) is 0.542. The second-order valence-electron chi connectivity index (χ2n) is 8.20. The Labute approximate surface area is 193 Å². The van der Waals surface area contributed by atoms with Crippen molar-refractivity contribution in [2.75, 3.05) is 6.26 Å². The number of nitrogens with one attached hydrogen (secondary N) is 1. The molecule has 0 saturated heterocycles. The predicted octanol–water partition coefficient (Wildman–Crippen LogP) is 4.03. The lowest BCUT2D eigenvalue weighted by Crippen LogP contribution is -2.32. The predicted molar refractivity (Wildman–Crippen MR) is 126 cm³/mol. The van der Waals surface area contributed by atoms with Crippen LogP contribution in [0.25, 0.3) is 0 Å². The van der Waals surface area contributed by atoms with Crippen LogP contribution in [0.15, 0.2) is 78.3 Å². The van der Waals surface area contributed by atoms with Crippen LogP contribution in [0.3, 0.4) is 0 Å². The number of para-hydroxylation sites is 1. The standard InChI is InChI=1S/C25H25N3O4S/c1-18(13-16-33(2,30)31)27-22(29)21-17-26-24(25(14-15-25)19-9-5-3-6-10-19)28-23(21)32-20-11-7-4-8-12-20/h3-13,16-18H,14-15H2,1-2H3,(H,27,29). The topological polar surface area (TPSA) is 98.2 Å². The molecule has 7 nitrogen and oxygen atoms in total. The van der Waals surface area contributed by atoms with E-state index in [1.807, 2.05) is 36.4 Å². The maximum atomic E-state index is 13.0. The van der Waals surface area contributed by atoms with Crippen molar-refractivity contribution in [3.05, 3.63) is 95.3 Å². The van der Waals surface area contributed by atoms with Crippen LogP contribution in [-0.2, 0) is 15.3 Å². The van der Waals surface area contributed by atoms with Crippen molar-refractivity contribution < 1.29 is 17.9 Å². The van der Waals surface area contributed by atoms with E-state index in [2.05, 4.69) is 27.4 Å². The summed E-state index contributed by atoms with van der Waals surface area (Å²) >= 11 is 0. The Hall–Kier alpha value is -3.52. The van der Waals surface area contributed by atoms with Crippen molar-refractivity contribution in [3.8, 4) is 11.6 Å². The molecule has 1 atom stereocenters. The van der Waals surface area contributed by atoms with Crippen molar-refractivity contribution in [2.24, 2.45) is 0 Å². The number of hydrogen-bond acceptors (Lipinski definition) is 6. The molecule has 170 valence electrons. The average Bonchev–Trinajstić information content (AvgIpc) is 3.61. The van der Waals surface area contributed by atoms with E-state index in [4.69, 9.17) is 4.74 Å². The van der Waals surface area contributed by atoms with Gasteiger partial charge >= 0.3 is 0 Å². The monoisotopic (exact) mass is 463 g/mol. The zero-order valence-corrected chi connectivity index (χ0v) is 19.2. The van der Waals surface area contributed by atoms with E-state index >= 15 is 0 Å². The molecule has 0 spiro atoms. The van der Waals surface area contributed by atoms with Crippen LogP contribution < -0.4 is 10.1 Å². The number of hydrogen-bond donors (Lipinski definition) is 1. The number of carbonyl (C=O) groups is 1. The summed E-state index contributed by atoms with van der Waals surface area (Å²) in [4.78, 5) is 22.2. The summed E-state index contributed by atoms with van der Waals surface area (Å²) in [6, 6.07) is 18.7. The Bertz CT molecular complexity index is 1270. The summed E-state index contributed by atoms with van der Waals surface area (Å²) in [6.45, 7) is 1.68. The van der Waals surface area contributed by atoms with Crippen molar-refractivity contribution in [2.45, 2.75) is 31.2 Å². The van der Waals surface area contributed by atoms with E-state index in [-0.39, 0.29) is 16.9 Å². The largest absolute Gasteiger partial charge is 0.438 e. The molecule has 33 heavy (non-hydrogen) atoms. The number of sulfone groups is 1. The van der Waals surface area contributed by atoms with Crippen LogP contribution in [0.1, 0.15) is 41.5 Å². The van der Waals surface area contributed by atoms with E-state index < -0.39 is 21.8 Å². The molecule has 1 fully saturated rings. The summed E-state index contributed by atoms with van der Waals surface area (Å²) in [6.07, 6.45) is 5.82. The fraction of sp³-hybridized carbons (Fsp3) is 0.240. The highest BCUT2D eigenvalue weighted by Crippen LogP contribution is 2.52. The normalized spacial score (nSPS) is 15.7. The number of aromatic nitrogens is 2. The van der Waals surface area contributed by atoms with E-state index in [0.29, 0.717) is 11.6 Å². The minimum absolute atomic E-state index is 0.158. The molecule has 1 unspecified atom stereocenters. The number of ether oxygens (including phenoxy) is 1. The lowest BCUT2D eigenvalue weighted by molar-refractivity contribution is 0.0943. The number of amides is 1. The molecule has 1 saturated carbocycles. The number of rotatable bonds is 8. The Morgan fingerprint density at radius 3 is 2.33 bits per heavy atom. The van der Waals surface area contributed by atoms with Crippen molar-refractivity contribution in [3.63, 3.8) is 0 Å². The van der Waals surface area contributed by atoms with Crippen molar-refractivity contribution in [1.29, 1.82) is 0 Å². The van der Waals surface area contributed by atoms with E-state index in [1.54, 1.807) is 19.1 Å². The zero-order valence-electron chi connectivity index (χ0n) is 18.4. The fourth-order valence-corrected chi connectivity index (χ4v) is 4.07. The summed E-state index contributed by atoms with van der Waals surface area (Å²) < 4.78 is 28.7. The first-order valence-corrected chi connectivity index (χ1v) is 12.6. The highest BCUT2D eigenvalue weighted by Gasteiger charge is 2.49. The Morgan fingerprint density at radius 1 is 1.09 bits per heavy atom. The summed E-state index contributed by atoms with van der Waals surface area (Å²) in [5, 5.41) is 3.82. The summed E-state index contributed by atoms with van der Waals surface area (Å²) in [5.41, 5.74) is 1.02. The molecular formula is C25H25N3O4S. The maximum Gasteiger partial charge on any atom is 0.258 e. The molecule has 3 aromatic rings. The van der Waals surface area contributed by atoms with Gasteiger partial charge in [-0.3, -0.25) is 4.79 Å². The second-order valence-corrected chi connectivity index (χ2v) is 10.1. The van der Waals surface area contributed by atoms with Crippen LogP contribution >= 0.6 is 0 Å². The van der Waals surface area contributed by atoms with Gasteiger partial charge in [0.15, 0.2) is 9.84 Å². The molecule has 1 aromatic heterocycles. The minimum Gasteiger partial charge on any atom is -0.438 e. The lowest BCUT2D eigenvalue weighted by Gasteiger charge is -2.17. The molecule has 1 N–H and O–H groups in total. The van der Waals surface area contributed by atoms with E-state index in [0.717, 1.165) is 30.1 Å². The summed E-state index contributed by atoms with van der Waals surface area (Å²) in [5.74, 6) is 0.861. The molecule has 1 aliphatic rings. The molecule has 0 radical (unpaired) electrons. The fourth-order valence-electron chi connectivity index (χ4n) is 3.55. The van der Waals surface area contributed by atoms with E-state index in [1.165, 1.54) is 12.3 Å². The number of nitrogens with zero attached hydrogens (tertiary/aromatic N) is 2. The van der Waals surface area contributed by atoms with Crippen molar-refractivity contribution >= 4 is 15.7 Å². The van der Waals surface area contributed by atoms with Gasteiger partial charge in [0.2, 0.25) is 5.88 Å². The van der Waals surface area contributed by atoms with Crippen LogP contribution in [-0.4, -0.2) is 36.6 Å². The first-order chi connectivity index (χ1) is 15.8. The zero-order chi connectivity index (χ0) is 23.5. The third-order valence-corrected chi connectivity index (χ3v) is 6.09. The maximum absolute atomic E-state index is 13.0. The number of carbonyl (C=O) groups excluding carboxylic acids is 1. The van der Waals surface area contributed by atoms with Gasteiger partial charge in [0.1, 0.15) is 17.1 Å². The molecule has 4 rings (SSSR count). The highest BCUT2D eigenvalue weighted by atomic mass is 32.2. The second kappa shape index (κ2) is 9.15. The van der Waals surface area contributed by atoms with Crippen LogP contribution in [0.2, 0.25) is 0 Å². The first-order valence-electron chi connectivity index (χ1n) is 10.6. The Morgan fingerprint density at radius 2 is 1.73 bits per heavy atom. The minimum atomic E-state index is -3.29. The van der Waals surface area contributed by atoms with Crippen LogP contribution in [0.4, 0.5) is 0 Å². The average molecular weight is 464 g/mol. The molecule has 8 heteroatoms. The molecule has 0 aliphatic heterocycles. The van der Waals surface area contributed by atoms with Crippen LogP contribution in [0, 0.1) is 0 Å². The van der Waals surface area contributed by atoms with Gasteiger partial charge in [-0.1, -0.05) is 54.6 Å². The highest BCUT2D eigenvalue weighted by molar-refractivity contribution is 7.93. The molecule has 1 aliphatic carbocycles. The molecule has 1 heterocycles.